The van der Waals surface area contributed by atoms with E-state index in [1.54, 1.807) is 13.0 Å². The first-order chi connectivity index (χ1) is 16.0. The summed E-state index contributed by atoms with van der Waals surface area (Å²) in [6.07, 6.45) is 10.5. The number of H-pyrrole nitrogens is 1. The average Bonchev–Trinajstić information content (AvgIpc) is 3.54. The fourth-order valence-corrected chi connectivity index (χ4v) is 4.66. The van der Waals surface area contributed by atoms with Crippen LogP contribution in [0.4, 0.5) is 10.5 Å². The number of fused-ring (bicyclic) bond motifs is 2. The number of aryl methyl sites for hydroxylation is 2. The Balaban J connectivity index is 1.40. The number of nitrogens with zero attached hydrogens (tertiary/aromatic N) is 2. The Hall–Kier alpha value is -3.33. The lowest BCUT2D eigenvalue weighted by atomic mass is 9.99. The molecule has 9 nitrogen and oxygen atoms in total. The number of hydroxylamine groups is 1. The zero-order valence-corrected chi connectivity index (χ0v) is 19.1. The first-order valence-corrected chi connectivity index (χ1v) is 11.6. The van der Waals surface area contributed by atoms with Crippen LogP contribution in [0.1, 0.15) is 61.1 Å². The first kappa shape index (κ1) is 22.8. The summed E-state index contributed by atoms with van der Waals surface area (Å²) >= 11 is 0. The summed E-state index contributed by atoms with van der Waals surface area (Å²) in [5.74, 6) is 0.521. The molecule has 1 atom stereocenters. The average molecular weight is 454 g/mol. The Morgan fingerprint density at radius 1 is 1.24 bits per heavy atom. The zero-order valence-electron chi connectivity index (χ0n) is 19.1. The summed E-state index contributed by atoms with van der Waals surface area (Å²) in [6, 6.07) is 3.07. The number of aromatic nitrogens is 1. The van der Waals surface area contributed by atoms with Crippen molar-refractivity contribution < 1.29 is 14.5 Å². The molecule has 4 rings (SSSR count). The largest absolute Gasteiger partial charge is 0.383 e. The molecule has 1 heterocycles. The van der Waals surface area contributed by atoms with Crippen molar-refractivity contribution in [3.05, 3.63) is 62.3 Å². The molecule has 9 heteroatoms. The minimum atomic E-state index is -0.499. The summed E-state index contributed by atoms with van der Waals surface area (Å²) in [5.41, 5.74) is 8.54. The van der Waals surface area contributed by atoms with E-state index < -0.39 is 6.03 Å². The summed E-state index contributed by atoms with van der Waals surface area (Å²) in [7, 11) is 0. The van der Waals surface area contributed by atoms with E-state index in [2.05, 4.69) is 27.0 Å². The van der Waals surface area contributed by atoms with Gasteiger partial charge in [-0.15, -0.1) is 0 Å². The number of amides is 2. The van der Waals surface area contributed by atoms with E-state index in [-0.39, 0.29) is 11.6 Å². The molecule has 2 aliphatic carbocycles. The number of allylic oxidation sites excluding steroid dienone is 2. The second-order valence-corrected chi connectivity index (χ2v) is 8.55. The van der Waals surface area contributed by atoms with E-state index in [0.29, 0.717) is 29.5 Å². The highest BCUT2D eigenvalue weighted by Crippen LogP contribution is 2.38. The third kappa shape index (κ3) is 5.19. The topological polar surface area (TPSA) is 123 Å². The van der Waals surface area contributed by atoms with Crippen molar-refractivity contribution in [1.29, 1.82) is 0 Å². The third-order valence-electron chi connectivity index (χ3n) is 6.36. The summed E-state index contributed by atoms with van der Waals surface area (Å²) in [6.45, 7) is 3.72. The van der Waals surface area contributed by atoms with Crippen molar-refractivity contribution in [2.45, 2.75) is 71.3 Å². The molecule has 1 aromatic carbocycles. The van der Waals surface area contributed by atoms with E-state index in [1.807, 2.05) is 6.92 Å². The van der Waals surface area contributed by atoms with Gasteiger partial charge >= 0.3 is 6.03 Å². The molecular formula is C24H31N5O4. The maximum absolute atomic E-state index is 12.7. The number of carbonyl (C=O) groups excluding carboxylic acids is 1. The van der Waals surface area contributed by atoms with Crippen molar-refractivity contribution in [1.82, 2.24) is 15.8 Å². The van der Waals surface area contributed by atoms with Crippen LogP contribution in [-0.4, -0.2) is 33.8 Å². The molecule has 0 unspecified atom stereocenters. The molecule has 33 heavy (non-hydrogen) atoms. The van der Waals surface area contributed by atoms with Gasteiger partial charge in [-0.3, -0.25) is 15.0 Å². The van der Waals surface area contributed by atoms with Gasteiger partial charge in [0.2, 0.25) is 0 Å². The predicted molar refractivity (Wildman–Crippen MR) is 126 cm³/mol. The highest BCUT2D eigenvalue weighted by atomic mass is 16.5. The van der Waals surface area contributed by atoms with E-state index in [0.717, 1.165) is 44.2 Å². The van der Waals surface area contributed by atoms with Crippen LogP contribution in [0, 0.1) is 0 Å². The van der Waals surface area contributed by atoms with Gasteiger partial charge in [-0.05, 0) is 74.1 Å². The van der Waals surface area contributed by atoms with Crippen LogP contribution in [0.5, 0.6) is 0 Å². The van der Waals surface area contributed by atoms with Gasteiger partial charge in [0.15, 0.2) is 0 Å². The van der Waals surface area contributed by atoms with E-state index in [1.165, 1.54) is 34.5 Å². The van der Waals surface area contributed by atoms with E-state index in [9.17, 15) is 14.8 Å². The Morgan fingerprint density at radius 3 is 2.52 bits per heavy atom. The van der Waals surface area contributed by atoms with Gasteiger partial charge < -0.3 is 9.84 Å². The van der Waals surface area contributed by atoms with E-state index >= 15 is 0 Å². The second kappa shape index (κ2) is 10.1. The Bertz CT molecular complexity index is 1100. The highest BCUT2D eigenvalue weighted by molar-refractivity contribution is 5.92. The van der Waals surface area contributed by atoms with Crippen LogP contribution < -0.4 is 16.3 Å². The second-order valence-electron chi connectivity index (χ2n) is 8.55. The van der Waals surface area contributed by atoms with Crippen molar-refractivity contribution >= 4 is 17.9 Å². The number of aromatic amines is 1. The fourth-order valence-electron chi connectivity index (χ4n) is 4.66. The first-order valence-electron chi connectivity index (χ1n) is 11.6. The Labute approximate surface area is 192 Å². The molecule has 0 aliphatic heterocycles. The highest BCUT2D eigenvalue weighted by Gasteiger charge is 2.25. The van der Waals surface area contributed by atoms with Crippen molar-refractivity contribution in [2.24, 2.45) is 4.99 Å². The molecule has 2 amide bonds. The van der Waals surface area contributed by atoms with Crippen LogP contribution in [-0.2, 0) is 32.1 Å². The molecule has 176 valence electrons. The summed E-state index contributed by atoms with van der Waals surface area (Å²) in [4.78, 5) is 28.5. The number of hydrogen-bond acceptors (Lipinski definition) is 6. The molecule has 0 bridgehead atoms. The number of benzene rings is 1. The maximum atomic E-state index is 12.7. The summed E-state index contributed by atoms with van der Waals surface area (Å²) < 4.78 is 5.10. The number of anilines is 1. The maximum Gasteiger partial charge on any atom is 0.339 e. The van der Waals surface area contributed by atoms with Gasteiger partial charge in [0, 0.05) is 24.4 Å². The molecular weight excluding hydrogens is 422 g/mol. The van der Waals surface area contributed by atoms with Crippen molar-refractivity contribution in [3.63, 3.8) is 0 Å². The lowest BCUT2D eigenvalue weighted by molar-refractivity contribution is -0.0799. The number of nitrogens with one attached hydrogen (secondary N) is 3. The molecule has 0 radical (unpaired) electrons. The predicted octanol–water partition coefficient (Wildman–Crippen LogP) is 3.67. The normalized spacial score (nSPS) is 16.0. The molecule has 0 spiro atoms. The lowest BCUT2D eigenvalue weighted by Crippen LogP contribution is -2.42. The van der Waals surface area contributed by atoms with Crippen LogP contribution in [0.3, 0.4) is 0 Å². The molecule has 2 aliphatic rings. The van der Waals surface area contributed by atoms with Gasteiger partial charge in [0.25, 0.3) is 5.56 Å². The third-order valence-corrected chi connectivity index (χ3v) is 6.36. The van der Waals surface area contributed by atoms with Crippen LogP contribution >= 0.6 is 0 Å². The molecule has 2 aromatic rings. The van der Waals surface area contributed by atoms with Crippen LogP contribution in [0.25, 0.3) is 0 Å². The van der Waals surface area contributed by atoms with E-state index in [4.69, 9.17) is 4.52 Å². The quantitative estimate of drug-likeness (QED) is 0.359. The number of hydrazine groups is 1. The molecule has 4 N–H and O–H groups in total. The standard InChI is InChI=1S/C24H31N5O4/c1-3-17(12-19-13-22(30)28-33-19)25-14-18(4-2)29(32)27-24(31)26-23-20-9-5-7-15(20)11-16-8-6-10-21(16)23/h4,11,13-14,17,32H,3,5-10,12H2,1-2H3,(H,28,30)(H2,26,27,31)/b18-4+,25-14?/t17-/m1/s1. The van der Waals surface area contributed by atoms with Gasteiger partial charge in [-0.1, -0.05) is 19.1 Å². The zero-order chi connectivity index (χ0) is 23.4. The van der Waals surface area contributed by atoms with Crippen LogP contribution in [0.2, 0.25) is 0 Å². The Kier molecular flexibility index (Phi) is 6.98. The lowest BCUT2D eigenvalue weighted by Gasteiger charge is -2.21. The number of hydrogen-bond donors (Lipinski definition) is 4. The van der Waals surface area contributed by atoms with Crippen molar-refractivity contribution in [3.8, 4) is 0 Å². The minimum Gasteiger partial charge on any atom is -0.383 e. The summed E-state index contributed by atoms with van der Waals surface area (Å²) in [5, 5.41) is 16.4. The Morgan fingerprint density at radius 2 is 1.94 bits per heavy atom. The van der Waals surface area contributed by atoms with Crippen LogP contribution in [0.15, 0.2) is 38.2 Å². The molecule has 0 saturated heterocycles. The van der Waals surface area contributed by atoms with Gasteiger partial charge in [0.1, 0.15) is 11.5 Å². The number of urea groups is 1. The monoisotopic (exact) mass is 453 g/mol. The SMILES string of the molecule is C/C=C(\C=N[C@H](CC)Cc1cc(=O)[nH]o1)N(O)NC(=O)Nc1c2c(cc3c1CCC3)CCC2. The van der Waals surface area contributed by atoms with Gasteiger partial charge in [-0.25, -0.2) is 10.2 Å². The molecule has 0 fully saturated rings. The van der Waals surface area contributed by atoms with Crippen molar-refractivity contribution in [2.75, 3.05) is 5.32 Å². The molecule has 1 aromatic heterocycles. The fraction of sp³-hybridized carbons (Fsp3) is 0.458. The number of rotatable bonds is 8. The van der Waals surface area contributed by atoms with Gasteiger partial charge in [-0.2, -0.15) is 10.3 Å². The minimum absolute atomic E-state index is 0.143. The smallest absolute Gasteiger partial charge is 0.339 e. The number of aliphatic imine (C=N–C) groups is 1. The molecule has 0 saturated carbocycles. The number of carbonyl (C=O) groups is 1. The van der Waals surface area contributed by atoms with Gasteiger partial charge in [0.05, 0.1) is 6.04 Å².